The van der Waals surface area contributed by atoms with Gasteiger partial charge in [-0.25, -0.2) is 4.98 Å². The van der Waals surface area contributed by atoms with Gasteiger partial charge in [-0.15, -0.1) is 0 Å². The van der Waals surface area contributed by atoms with Crippen LogP contribution in [0.3, 0.4) is 0 Å². The molecule has 2 aromatic carbocycles. The Morgan fingerprint density at radius 3 is 2.39 bits per heavy atom. The van der Waals surface area contributed by atoms with E-state index < -0.39 is 16.9 Å². The normalized spacial score (nSPS) is 24.7. The number of oxazole rings is 1. The largest absolute Gasteiger partial charge is 0.481 e. The van der Waals surface area contributed by atoms with Gasteiger partial charge in [0.1, 0.15) is 0 Å². The van der Waals surface area contributed by atoms with Crippen LogP contribution in [0.2, 0.25) is 0 Å². The van der Waals surface area contributed by atoms with Crippen molar-refractivity contribution >= 4 is 34.6 Å². The smallest absolute Gasteiger partial charge is 0.309 e. The molecule has 3 N–H and O–H groups in total. The zero-order valence-corrected chi connectivity index (χ0v) is 25.2. The summed E-state index contributed by atoms with van der Waals surface area (Å²) in [5.74, 6) is 0.199. The Hall–Kier alpha value is -2.84. The van der Waals surface area contributed by atoms with Gasteiger partial charge in [0, 0.05) is 21.5 Å². The van der Waals surface area contributed by atoms with Crippen molar-refractivity contribution in [2.24, 2.45) is 11.3 Å². The zero-order valence-electron chi connectivity index (χ0n) is 24.3. The molecule has 3 aliphatic carbocycles. The molecule has 0 aliphatic heterocycles. The quantitative estimate of drug-likeness (QED) is 0.239. The number of hydrogen-bond acceptors (Lipinski definition) is 6. The fourth-order valence-corrected chi connectivity index (χ4v) is 8.03. The van der Waals surface area contributed by atoms with Gasteiger partial charge in [0.2, 0.25) is 0 Å². The molecule has 3 aliphatic rings. The van der Waals surface area contributed by atoms with E-state index in [-0.39, 0.29) is 17.3 Å². The van der Waals surface area contributed by atoms with E-state index in [1.54, 1.807) is 11.9 Å². The number of benzene rings is 2. The highest BCUT2D eigenvalue weighted by atomic mass is 32.2. The van der Waals surface area contributed by atoms with Crippen molar-refractivity contribution in [3.63, 3.8) is 0 Å². The third-order valence-electron chi connectivity index (χ3n) is 9.37. The summed E-state index contributed by atoms with van der Waals surface area (Å²) in [4.78, 5) is 31.5. The number of carbonyl (C=O) groups excluding carboxylic acids is 1. The fourth-order valence-electron chi connectivity index (χ4n) is 7.19. The highest BCUT2D eigenvalue weighted by Gasteiger charge is 2.59. The van der Waals surface area contributed by atoms with Crippen LogP contribution in [-0.2, 0) is 11.2 Å². The molecule has 0 radical (unpaired) electrons. The van der Waals surface area contributed by atoms with Gasteiger partial charge in [-0.2, -0.15) is 0 Å². The summed E-state index contributed by atoms with van der Waals surface area (Å²) in [5.41, 5.74) is 0.562. The maximum atomic E-state index is 13.6. The zero-order chi connectivity index (χ0) is 28.8. The molecule has 218 valence electrons. The molecule has 6 rings (SSSR count). The molecule has 0 saturated heterocycles. The van der Waals surface area contributed by atoms with Gasteiger partial charge in [0.25, 0.3) is 5.89 Å². The lowest BCUT2D eigenvalue weighted by molar-refractivity contribution is -0.148. The molecule has 1 amide bonds. The first-order valence-corrected chi connectivity index (χ1v) is 15.9. The number of carboxylic acid groups (broad SMARTS) is 1. The average Bonchev–Trinajstić information content (AvgIpc) is 3.65. The standard InChI is InChI=1S/C33H41N3O4S/c1-31(2,3)36-41-26-14-13-24(22-11-7-8-12-23(22)26)27-25(19-21-9-5-4-6-10-21)34-29(40-27)28(37)35-33-17-15-32(20-33,16-18-33)30(38)39/h7-8,11-14,21,36H,4-6,9-10,15-20H2,1-3H3,(H,35,37)(H,38,39). The Kier molecular flexibility index (Phi) is 7.43. The number of hydrogen-bond donors (Lipinski definition) is 3. The van der Waals surface area contributed by atoms with E-state index in [1.165, 1.54) is 32.1 Å². The van der Waals surface area contributed by atoms with Gasteiger partial charge in [-0.05, 0) is 100 Å². The van der Waals surface area contributed by atoms with Gasteiger partial charge >= 0.3 is 11.9 Å². The SMILES string of the molecule is CC(C)(C)NSc1ccc(-c2oc(C(=O)NC34CCC(C(=O)O)(CC3)C4)nc2CC2CCCCC2)c2ccccc12. The fraction of sp³-hybridized carbons (Fsp3) is 0.545. The van der Waals surface area contributed by atoms with E-state index in [9.17, 15) is 14.7 Å². The summed E-state index contributed by atoms with van der Waals surface area (Å²) < 4.78 is 9.91. The highest BCUT2D eigenvalue weighted by molar-refractivity contribution is 7.97. The minimum atomic E-state index is -0.745. The Morgan fingerprint density at radius 2 is 1.73 bits per heavy atom. The van der Waals surface area contributed by atoms with Gasteiger partial charge in [-0.3, -0.25) is 14.3 Å². The van der Waals surface area contributed by atoms with Crippen molar-refractivity contribution in [2.45, 2.75) is 107 Å². The summed E-state index contributed by atoms with van der Waals surface area (Å²) in [5, 5.41) is 15.2. The van der Waals surface area contributed by atoms with E-state index in [4.69, 9.17) is 9.40 Å². The lowest BCUT2D eigenvalue weighted by Crippen LogP contribution is -2.45. The maximum absolute atomic E-state index is 13.6. The van der Waals surface area contributed by atoms with Crippen molar-refractivity contribution in [3.8, 4) is 11.3 Å². The monoisotopic (exact) mass is 575 g/mol. The lowest BCUT2D eigenvalue weighted by Gasteiger charge is -2.27. The summed E-state index contributed by atoms with van der Waals surface area (Å²) in [6.07, 6.45) is 9.92. The number of carboxylic acids is 1. The summed E-state index contributed by atoms with van der Waals surface area (Å²) in [6, 6.07) is 12.5. The molecular weight excluding hydrogens is 534 g/mol. The highest BCUT2D eigenvalue weighted by Crippen LogP contribution is 2.56. The number of nitrogens with one attached hydrogen (secondary N) is 2. The van der Waals surface area contributed by atoms with Crippen LogP contribution in [-0.4, -0.2) is 33.0 Å². The second-order valence-electron chi connectivity index (χ2n) is 13.6. The molecule has 7 nitrogen and oxygen atoms in total. The molecule has 3 aromatic rings. The lowest BCUT2D eigenvalue weighted by atomic mass is 9.84. The molecule has 1 heterocycles. The average molecular weight is 576 g/mol. The molecule has 1 aromatic heterocycles. The second-order valence-corrected chi connectivity index (χ2v) is 14.5. The van der Waals surface area contributed by atoms with Crippen LogP contribution in [0.5, 0.6) is 0 Å². The van der Waals surface area contributed by atoms with Crippen LogP contribution in [0, 0.1) is 11.3 Å². The molecule has 8 heteroatoms. The van der Waals surface area contributed by atoms with Crippen LogP contribution in [0.25, 0.3) is 22.1 Å². The number of amides is 1. The van der Waals surface area contributed by atoms with E-state index >= 15 is 0 Å². The third kappa shape index (κ3) is 5.65. The van der Waals surface area contributed by atoms with Crippen LogP contribution in [0.1, 0.15) is 101 Å². The summed E-state index contributed by atoms with van der Waals surface area (Å²) >= 11 is 1.63. The summed E-state index contributed by atoms with van der Waals surface area (Å²) in [6.45, 7) is 6.44. The van der Waals surface area contributed by atoms with Gasteiger partial charge in [0.15, 0.2) is 5.76 Å². The Bertz CT molecular complexity index is 1460. The number of rotatable bonds is 8. The number of aromatic nitrogens is 1. The number of fused-ring (bicyclic) bond motifs is 3. The maximum Gasteiger partial charge on any atom is 0.309 e. The van der Waals surface area contributed by atoms with Crippen LogP contribution in [0.15, 0.2) is 45.7 Å². The van der Waals surface area contributed by atoms with Gasteiger partial charge in [-0.1, -0.05) is 56.4 Å². The van der Waals surface area contributed by atoms with E-state index in [2.05, 4.69) is 61.1 Å². The molecule has 2 bridgehead atoms. The Morgan fingerprint density at radius 1 is 1.02 bits per heavy atom. The molecule has 3 saturated carbocycles. The third-order valence-corrected chi connectivity index (χ3v) is 10.7. The van der Waals surface area contributed by atoms with E-state index in [0.717, 1.165) is 33.3 Å². The Labute approximate surface area is 246 Å². The van der Waals surface area contributed by atoms with E-state index in [0.29, 0.717) is 43.8 Å². The molecule has 0 unspecified atom stereocenters. The number of carbonyl (C=O) groups is 2. The van der Waals surface area contributed by atoms with Crippen molar-refractivity contribution in [1.82, 2.24) is 15.0 Å². The van der Waals surface area contributed by atoms with Crippen molar-refractivity contribution in [1.29, 1.82) is 0 Å². The predicted octanol–water partition coefficient (Wildman–Crippen LogP) is 7.53. The second kappa shape index (κ2) is 10.8. The molecule has 0 atom stereocenters. The molecule has 3 fully saturated rings. The van der Waals surface area contributed by atoms with Crippen molar-refractivity contribution in [2.75, 3.05) is 0 Å². The minimum absolute atomic E-state index is 0.0347. The van der Waals surface area contributed by atoms with Gasteiger partial charge < -0.3 is 14.8 Å². The first kappa shape index (κ1) is 28.3. The van der Waals surface area contributed by atoms with Gasteiger partial charge in [0.05, 0.1) is 11.1 Å². The van der Waals surface area contributed by atoms with Crippen LogP contribution >= 0.6 is 11.9 Å². The Balaban J connectivity index is 1.35. The predicted molar refractivity (Wildman–Crippen MR) is 162 cm³/mol. The van der Waals surface area contributed by atoms with Crippen LogP contribution < -0.4 is 10.0 Å². The minimum Gasteiger partial charge on any atom is -0.481 e. The topological polar surface area (TPSA) is 104 Å². The molecular formula is C33H41N3O4S. The first-order valence-electron chi connectivity index (χ1n) is 15.1. The first-order chi connectivity index (χ1) is 19.6. The molecule has 0 spiro atoms. The van der Waals surface area contributed by atoms with Crippen LogP contribution in [0.4, 0.5) is 0 Å². The summed E-state index contributed by atoms with van der Waals surface area (Å²) in [7, 11) is 0. The van der Waals surface area contributed by atoms with Crippen molar-refractivity contribution in [3.05, 3.63) is 48.0 Å². The number of nitrogens with zero attached hydrogens (tertiary/aromatic N) is 1. The molecule has 41 heavy (non-hydrogen) atoms. The van der Waals surface area contributed by atoms with Crippen molar-refractivity contribution < 1.29 is 19.1 Å². The van der Waals surface area contributed by atoms with E-state index in [1.807, 2.05) is 6.07 Å². The number of aliphatic carboxylic acids is 1.